The van der Waals surface area contributed by atoms with Crippen LogP contribution in [-0.2, 0) is 0 Å². The number of hydrogen-bond acceptors (Lipinski definition) is 0. The second kappa shape index (κ2) is 5.91. The SMILES string of the molecule is C1CCC2CCCCC2C1.F.P. The first-order chi connectivity index (χ1) is 4.97. The molecule has 2 aliphatic carbocycles. The lowest BCUT2D eigenvalue weighted by molar-refractivity contribution is 0.171. The van der Waals surface area contributed by atoms with Gasteiger partial charge in [-0.1, -0.05) is 51.4 Å². The van der Waals surface area contributed by atoms with Crippen LogP contribution in [0.25, 0.3) is 0 Å². The molecule has 0 aromatic carbocycles. The van der Waals surface area contributed by atoms with Crippen molar-refractivity contribution in [3.05, 3.63) is 0 Å². The lowest BCUT2D eigenvalue weighted by Gasteiger charge is -2.35. The Kier molecular flexibility index (Phi) is 6.09. The summed E-state index contributed by atoms with van der Waals surface area (Å²) in [5.41, 5.74) is 0. The Hall–Kier alpha value is 0.360. The largest absolute Gasteiger partial charge is 0.269 e. The van der Waals surface area contributed by atoms with Crippen LogP contribution in [0, 0.1) is 11.8 Å². The van der Waals surface area contributed by atoms with Gasteiger partial charge in [-0.3, -0.25) is 4.70 Å². The van der Waals surface area contributed by atoms with Crippen LogP contribution in [-0.4, -0.2) is 0 Å². The van der Waals surface area contributed by atoms with Gasteiger partial charge in [-0.25, -0.2) is 0 Å². The van der Waals surface area contributed by atoms with Crippen LogP contribution in [0.5, 0.6) is 0 Å². The topological polar surface area (TPSA) is 0 Å². The summed E-state index contributed by atoms with van der Waals surface area (Å²) in [6.07, 6.45) is 12.4. The van der Waals surface area contributed by atoms with Crippen LogP contribution in [0.15, 0.2) is 0 Å². The molecule has 2 rings (SSSR count). The van der Waals surface area contributed by atoms with Crippen molar-refractivity contribution < 1.29 is 4.70 Å². The summed E-state index contributed by atoms with van der Waals surface area (Å²) < 4.78 is 0. The van der Waals surface area contributed by atoms with Gasteiger partial charge in [0, 0.05) is 0 Å². The van der Waals surface area contributed by atoms with Crippen LogP contribution < -0.4 is 0 Å². The summed E-state index contributed by atoms with van der Waals surface area (Å²) in [4.78, 5) is 0. The third-order valence-electron chi connectivity index (χ3n) is 3.47. The van der Waals surface area contributed by atoms with Gasteiger partial charge in [-0.05, 0) is 11.8 Å². The molecule has 2 saturated carbocycles. The van der Waals surface area contributed by atoms with E-state index in [0.717, 1.165) is 11.8 Å². The Morgan fingerprint density at radius 3 is 1.08 bits per heavy atom. The van der Waals surface area contributed by atoms with E-state index in [4.69, 9.17) is 0 Å². The van der Waals surface area contributed by atoms with E-state index in [1.807, 2.05) is 0 Å². The van der Waals surface area contributed by atoms with Crippen molar-refractivity contribution in [1.82, 2.24) is 0 Å². The minimum Gasteiger partial charge on any atom is -0.269 e. The van der Waals surface area contributed by atoms with Crippen molar-refractivity contribution in [2.24, 2.45) is 11.8 Å². The Balaban J connectivity index is 0.000000605. The van der Waals surface area contributed by atoms with Gasteiger partial charge >= 0.3 is 0 Å². The minimum absolute atomic E-state index is 0. The first kappa shape index (κ1) is 12.4. The summed E-state index contributed by atoms with van der Waals surface area (Å²) in [7, 11) is 0. The fourth-order valence-electron chi connectivity index (χ4n) is 2.86. The van der Waals surface area contributed by atoms with Crippen LogP contribution in [0.1, 0.15) is 51.4 Å². The molecule has 0 spiro atoms. The summed E-state index contributed by atoms with van der Waals surface area (Å²) >= 11 is 0. The standard InChI is InChI=1S/C10H18.FH.H3P/c1-2-6-10-8-4-3-7-9(10)5-1;;/h9-10H,1-8H2;1H;1H3. The summed E-state index contributed by atoms with van der Waals surface area (Å²) in [5, 5.41) is 0. The minimum atomic E-state index is 0. The van der Waals surface area contributed by atoms with E-state index in [9.17, 15) is 0 Å². The third-order valence-corrected chi connectivity index (χ3v) is 3.47. The van der Waals surface area contributed by atoms with Gasteiger partial charge < -0.3 is 0 Å². The van der Waals surface area contributed by atoms with Crippen molar-refractivity contribution in [2.45, 2.75) is 51.4 Å². The quantitative estimate of drug-likeness (QED) is 0.515. The molecule has 0 aromatic rings. The summed E-state index contributed by atoms with van der Waals surface area (Å²) in [6, 6.07) is 0. The van der Waals surface area contributed by atoms with E-state index in [0.29, 0.717) is 0 Å². The van der Waals surface area contributed by atoms with Gasteiger partial charge in [0.05, 0.1) is 0 Å². The van der Waals surface area contributed by atoms with Crippen LogP contribution >= 0.6 is 9.90 Å². The van der Waals surface area contributed by atoms with Gasteiger partial charge in [0.15, 0.2) is 0 Å². The van der Waals surface area contributed by atoms with Crippen molar-refractivity contribution >= 4 is 9.90 Å². The van der Waals surface area contributed by atoms with E-state index in [-0.39, 0.29) is 14.6 Å². The number of hydrogen-bond donors (Lipinski definition) is 0. The molecule has 2 fully saturated rings. The van der Waals surface area contributed by atoms with E-state index >= 15 is 0 Å². The van der Waals surface area contributed by atoms with E-state index in [1.54, 1.807) is 25.7 Å². The smallest absolute Gasteiger partial charge is 0.0386 e. The highest BCUT2D eigenvalue weighted by Gasteiger charge is 2.26. The number of halogens is 1. The Morgan fingerprint density at radius 2 is 0.833 bits per heavy atom. The monoisotopic (exact) mass is 192 g/mol. The van der Waals surface area contributed by atoms with Crippen molar-refractivity contribution in [3.8, 4) is 0 Å². The highest BCUT2D eigenvalue weighted by atomic mass is 31.0. The molecule has 1 atom stereocenters. The zero-order chi connectivity index (χ0) is 6.81. The molecule has 0 aromatic heterocycles. The molecule has 0 saturated heterocycles. The van der Waals surface area contributed by atoms with Gasteiger partial charge in [0.2, 0.25) is 0 Å². The first-order valence-electron chi connectivity index (χ1n) is 4.97. The molecule has 2 heteroatoms. The maximum Gasteiger partial charge on any atom is -0.0386 e. The molecule has 12 heavy (non-hydrogen) atoms. The maximum atomic E-state index is 1.56. The number of rotatable bonds is 0. The number of fused-ring (bicyclic) bond motifs is 1. The van der Waals surface area contributed by atoms with Crippen molar-refractivity contribution in [1.29, 1.82) is 0 Å². The first-order valence-corrected chi connectivity index (χ1v) is 4.97. The molecule has 0 N–H and O–H groups in total. The Bertz CT molecular complexity index is 90.4. The van der Waals surface area contributed by atoms with Crippen LogP contribution in [0.3, 0.4) is 0 Å². The van der Waals surface area contributed by atoms with Gasteiger partial charge in [0.1, 0.15) is 0 Å². The van der Waals surface area contributed by atoms with E-state index in [1.165, 1.54) is 25.7 Å². The fraction of sp³-hybridized carbons (Fsp3) is 1.00. The Morgan fingerprint density at radius 1 is 0.583 bits per heavy atom. The molecule has 2 aliphatic rings. The summed E-state index contributed by atoms with van der Waals surface area (Å²) in [5.74, 6) is 2.31. The fourth-order valence-corrected chi connectivity index (χ4v) is 2.86. The lowest BCUT2D eigenvalue weighted by Crippen LogP contribution is -2.22. The second-order valence-corrected chi connectivity index (χ2v) is 4.09. The van der Waals surface area contributed by atoms with Gasteiger partial charge in [-0.2, -0.15) is 9.90 Å². The highest BCUT2D eigenvalue weighted by Crippen LogP contribution is 2.39. The molecule has 0 aliphatic heterocycles. The predicted molar refractivity (Wildman–Crippen MR) is 57.5 cm³/mol. The molecule has 0 amide bonds. The van der Waals surface area contributed by atoms with Crippen molar-refractivity contribution in [3.63, 3.8) is 0 Å². The van der Waals surface area contributed by atoms with E-state index in [2.05, 4.69) is 0 Å². The Labute approximate surface area is 78.5 Å². The third kappa shape index (κ3) is 2.69. The average Bonchev–Trinajstić information content (AvgIpc) is 2.05. The van der Waals surface area contributed by atoms with Gasteiger partial charge in [0.25, 0.3) is 0 Å². The maximum absolute atomic E-state index is 1.56. The predicted octanol–water partition coefficient (Wildman–Crippen LogP) is 3.58. The normalized spacial score (nSPS) is 34.0. The highest BCUT2D eigenvalue weighted by molar-refractivity contribution is 6.92. The molecule has 74 valence electrons. The molecule has 0 nitrogen and oxygen atoms in total. The molecular formula is C10H22FP. The van der Waals surface area contributed by atoms with Crippen LogP contribution in [0.4, 0.5) is 4.70 Å². The zero-order valence-corrected chi connectivity index (χ0v) is 9.34. The lowest BCUT2D eigenvalue weighted by atomic mass is 9.71. The van der Waals surface area contributed by atoms with Gasteiger partial charge in [-0.15, -0.1) is 0 Å². The van der Waals surface area contributed by atoms with E-state index < -0.39 is 0 Å². The average molecular weight is 192 g/mol. The molecule has 0 bridgehead atoms. The molecule has 0 radical (unpaired) electrons. The van der Waals surface area contributed by atoms with Crippen molar-refractivity contribution in [2.75, 3.05) is 0 Å². The molecule has 0 heterocycles. The zero-order valence-electron chi connectivity index (χ0n) is 7.93. The molecular weight excluding hydrogens is 170 g/mol. The summed E-state index contributed by atoms with van der Waals surface area (Å²) in [6.45, 7) is 0. The molecule has 1 unspecified atom stereocenters. The second-order valence-electron chi connectivity index (χ2n) is 4.09. The van der Waals surface area contributed by atoms with Crippen LogP contribution in [0.2, 0.25) is 0 Å².